The van der Waals surface area contributed by atoms with Crippen molar-refractivity contribution in [2.75, 3.05) is 32.8 Å². The van der Waals surface area contributed by atoms with E-state index in [0.717, 1.165) is 18.7 Å². The highest BCUT2D eigenvalue weighted by Gasteiger charge is 2.46. The van der Waals surface area contributed by atoms with Crippen molar-refractivity contribution in [1.29, 1.82) is 0 Å². The standard InChI is InChI=1S/C27H31ClN2O4/c1-5-16-34-21-12-13-22(18(4)17-21)25(31)23-24(19-8-10-20(28)11-9-19)30(27(33)26(23)32)15-14-29(6-2)7-3/h5,8-13,17,24,31H,1,6-7,14-16H2,2-4H3. The van der Waals surface area contributed by atoms with Crippen LogP contribution in [0.3, 0.4) is 0 Å². The molecule has 6 nitrogen and oxygen atoms in total. The van der Waals surface area contributed by atoms with Crippen LogP contribution >= 0.6 is 11.6 Å². The molecule has 1 saturated heterocycles. The smallest absolute Gasteiger partial charge is 0.295 e. The van der Waals surface area contributed by atoms with Gasteiger partial charge in [-0.1, -0.05) is 50.2 Å². The van der Waals surface area contributed by atoms with Gasteiger partial charge in [0.25, 0.3) is 11.7 Å². The second-order valence-electron chi connectivity index (χ2n) is 8.15. The van der Waals surface area contributed by atoms with Crippen LogP contribution in [0, 0.1) is 6.92 Å². The highest BCUT2D eigenvalue weighted by Crippen LogP contribution is 2.40. The quantitative estimate of drug-likeness (QED) is 0.224. The third-order valence-corrected chi connectivity index (χ3v) is 6.35. The summed E-state index contributed by atoms with van der Waals surface area (Å²) < 4.78 is 5.57. The summed E-state index contributed by atoms with van der Waals surface area (Å²) in [4.78, 5) is 30.0. The summed E-state index contributed by atoms with van der Waals surface area (Å²) >= 11 is 6.09. The Balaban J connectivity index is 2.08. The predicted octanol–water partition coefficient (Wildman–Crippen LogP) is 4.98. The molecule has 0 saturated carbocycles. The Labute approximate surface area is 206 Å². The lowest BCUT2D eigenvalue weighted by Gasteiger charge is -2.28. The number of hydrogen-bond donors (Lipinski definition) is 1. The molecule has 2 aromatic carbocycles. The van der Waals surface area contributed by atoms with Crippen molar-refractivity contribution >= 4 is 29.1 Å². The molecule has 0 bridgehead atoms. The van der Waals surface area contributed by atoms with Gasteiger partial charge in [0, 0.05) is 23.7 Å². The van der Waals surface area contributed by atoms with E-state index in [1.165, 1.54) is 0 Å². The second-order valence-corrected chi connectivity index (χ2v) is 8.58. The molecule has 0 aromatic heterocycles. The molecule has 1 amide bonds. The molecule has 0 spiro atoms. The summed E-state index contributed by atoms with van der Waals surface area (Å²) in [6.07, 6.45) is 1.65. The number of halogens is 1. The van der Waals surface area contributed by atoms with Gasteiger partial charge in [0.1, 0.15) is 18.1 Å². The number of carbonyl (C=O) groups excluding carboxylic acids is 2. The van der Waals surface area contributed by atoms with Crippen LogP contribution in [0.15, 0.2) is 60.7 Å². The summed E-state index contributed by atoms with van der Waals surface area (Å²) in [6.45, 7) is 12.6. The minimum Gasteiger partial charge on any atom is -0.507 e. The Hall–Kier alpha value is -3.09. The number of likely N-dealkylation sites (tertiary alicyclic amines) is 1. The van der Waals surface area contributed by atoms with E-state index < -0.39 is 17.7 Å². The van der Waals surface area contributed by atoms with Crippen molar-refractivity contribution in [3.63, 3.8) is 0 Å². The molecule has 7 heteroatoms. The molecule has 1 aliphatic rings. The van der Waals surface area contributed by atoms with Gasteiger partial charge in [-0.05, 0) is 61.5 Å². The van der Waals surface area contributed by atoms with E-state index in [9.17, 15) is 14.7 Å². The number of rotatable bonds is 10. The second kappa shape index (κ2) is 11.4. The third kappa shape index (κ3) is 5.34. The SMILES string of the molecule is C=CCOc1ccc(C(O)=C2C(=O)C(=O)N(CCN(CC)CC)C2c2ccc(Cl)cc2)c(C)c1. The van der Waals surface area contributed by atoms with Crippen LogP contribution in [-0.4, -0.2) is 59.4 Å². The van der Waals surface area contributed by atoms with E-state index in [1.54, 1.807) is 53.4 Å². The summed E-state index contributed by atoms with van der Waals surface area (Å²) in [5.74, 6) is -0.875. The summed E-state index contributed by atoms with van der Waals surface area (Å²) in [5.41, 5.74) is 2.00. The highest BCUT2D eigenvalue weighted by molar-refractivity contribution is 6.46. The maximum atomic E-state index is 13.2. The van der Waals surface area contributed by atoms with Gasteiger partial charge in [-0.25, -0.2) is 0 Å². The number of ketones is 1. The Morgan fingerprint density at radius 1 is 1.18 bits per heavy atom. The fourth-order valence-corrected chi connectivity index (χ4v) is 4.31. The number of amides is 1. The zero-order chi connectivity index (χ0) is 24.8. The Bertz CT molecular complexity index is 1090. The van der Waals surface area contributed by atoms with E-state index >= 15 is 0 Å². The normalized spacial score (nSPS) is 17.4. The first-order chi connectivity index (χ1) is 16.3. The van der Waals surface area contributed by atoms with Crippen molar-refractivity contribution in [2.24, 2.45) is 0 Å². The minimum atomic E-state index is -0.705. The summed E-state index contributed by atoms with van der Waals surface area (Å²) in [7, 11) is 0. The van der Waals surface area contributed by atoms with Gasteiger partial charge < -0.3 is 19.6 Å². The van der Waals surface area contributed by atoms with Crippen LogP contribution in [0.2, 0.25) is 5.02 Å². The van der Waals surface area contributed by atoms with Crippen LogP contribution in [0.5, 0.6) is 5.75 Å². The molecule has 34 heavy (non-hydrogen) atoms. The van der Waals surface area contributed by atoms with Gasteiger partial charge >= 0.3 is 0 Å². The molecule has 0 radical (unpaired) electrons. The van der Waals surface area contributed by atoms with Crippen molar-refractivity contribution in [3.05, 3.63) is 82.4 Å². The predicted molar refractivity (Wildman–Crippen MR) is 135 cm³/mol. The fraction of sp³-hybridized carbons (Fsp3) is 0.333. The van der Waals surface area contributed by atoms with E-state index in [0.29, 0.717) is 41.6 Å². The lowest BCUT2D eigenvalue weighted by atomic mass is 9.94. The van der Waals surface area contributed by atoms with Crippen molar-refractivity contribution in [1.82, 2.24) is 9.80 Å². The number of Topliss-reactive ketones (excluding diaryl/α,β-unsaturated/α-hetero) is 1. The molecule has 1 atom stereocenters. The van der Waals surface area contributed by atoms with Crippen LogP contribution in [0.4, 0.5) is 0 Å². The molecular formula is C27H31ClN2O4. The number of benzene rings is 2. The average Bonchev–Trinajstić information content (AvgIpc) is 3.08. The van der Waals surface area contributed by atoms with Gasteiger partial charge in [-0.3, -0.25) is 9.59 Å². The Morgan fingerprint density at radius 2 is 1.85 bits per heavy atom. The number of carbonyl (C=O) groups is 2. The first kappa shape index (κ1) is 25.5. The lowest BCUT2D eigenvalue weighted by Crippen LogP contribution is -2.38. The van der Waals surface area contributed by atoms with Gasteiger partial charge in [-0.2, -0.15) is 0 Å². The van der Waals surface area contributed by atoms with Gasteiger partial charge in [0.15, 0.2) is 0 Å². The first-order valence-electron chi connectivity index (χ1n) is 11.4. The summed E-state index contributed by atoms with van der Waals surface area (Å²) in [5, 5.41) is 11.9. The topological polar surface area (TPSA) is 70.1 Å². The Kier molecular flexibility index (Phi) is 8.53. The van der Waals surface area contributed by atoms with Crippen LogP contribution in [0.1, 0.15) is 36.6 Å². The Morgan fingerprint density at radius 3 is 2.44 bits per heavy atom. The van der Waals surface area contributed by atoms with Gasteiger partial charge in [-0.15, -0.1) is 0 Å². The van der Waals surface area contributed by atoms with E-state index in [-0.39, 0.29) is 11.3 Å². The van der Waals surface area contributed by atoms with Gasteiger partial charge in [0.2, 0.25) is 0 Å². The number of ether oxygens (including phenoxy) is 1. The van der Waals surface area contributed by atoms with Crippen molar-refractivity contribution in [2.45, 2.75) is 26.8 Å². The minimum absolute atomic E-state index is 0.0785. The monoisotopic (exact) mass is 482 g/mol. The number of hydrogen-bond acceptors (Lipinski definition) is 5. The molecular weight excluding hydrogens is 452 g/mol. The molecule has 1 unspecified atom stereocenters. The maximum Gasteiger partial charge on any atom is 0.295 e. The van der Waals surface area contributed by atoms with Crippen LogP contribution in [0.25, 0.3) is 5.76 Å². The lowest BCUT2D eigenvalue weighted by molar-refractivity contribution is -0.140. The zero-order valence-corrected chi connectivity index (χ0v) is 20.6. The zero-order valence-electron chi connectivity index (χ0n) is 19.9. The average molecular weight is 483 g/mol. The maximum absolute atomic E-state index is 13.2. The molecule has 2 aromatic rings. The molecule has 1 fully saturated rings. The van der Waals surface area contributed by atoms with Crippen molar-refractivity contribution < 1.29 is 19.4 Å². The molecule has 0 aliphatic carbocycles. The highest BCUT2D eigenvalue weighted by atomic mass is 35.5. The first-order valence-corrected chi connectivity index (χ1v) is 11.8. The number of aliphatic hydroxyl groups is 1. The molecule has 180 valence electrons. The number of nitrogens with zero attached hydrogens (tertiary/aromatic N) is 2. The van der Waals surface area contributed by atoms with Crippen LogP contribution < -0.4 is 4.74 Å². The molecule has 1 heterocycles. The van der Waals surface area contributed by atoms with E-state index in [2.05, 4.69) is 25.3 Å². The van der Waals surface area contributed by atoms with Crippen molar-refractivity contribution in [3.8, 4) is 5.75 Å². The summed E-state index contributed by atoms with van der Waals surface area (Å²) in [6, 6.07) is 11.5. The van der Waals surface area contributed by atoms with E-state index in [4.69, 9.17) is 16.3 Å². The molecule has 3 rings (SSSR count). The number of aryl methyl sites for hydroxylation is 1. The molecule has 1 aliphatic heterocycles. The third-order valence-electron chi connectivity index (χ3n) is 6.10. The van der Waals surface area contributed by atoms with Crippen LogP contribution in [-0.2, 0) is 9.59 Å². The number of aliphatic hydroxyl groups excluding tert-OH is 1. The largest absolute Gasteiger partial charge is 0.507 e. The molecule has 1 N–H and O–H groups in total. The number of likely N-dealkylation sites (N-methyl/N-ethyl adjacent to an activating group) is 1. The van der Waals surface area contributed by atoms with Gasteiger partial charge in [0.05, 0.1) is 11.6 Å². The van der Waals surface area contributed by atoms with E-state index in [1.807, 2.05) is 6.92 Å². The fourth-order valence-electron chi connectivity index (χ4n) is 4.18.